The summed E-state index contributed by atoms with van der Waals surface area (Å²) in [5.74, 6) is 0.0608. The lowest BCUT2D eigenvalue weighted by molar-refractivity contribution is 0.157. The Balaban J connectivity index is 0.00000204. The molecule has 0 spiro atoms. The van der Waals surface area contributed by atoms with E-state index in [9.17, 15) is 4.39 Å². The summed E-state index contributed by atoms with van der Waals surface area (Å²) in [6.45, 7) is 5.82. The molecule has 0 unspecified atom stereocenters. The van der Waals surface area contributed by atoms with E-state index in [1.807, 2.05) is 13.1 Å². The van der Waals surface area contributed by atoms with Crippen LogP contribution in [0.5, 0.6) is 0 Å². The molecule has 7 nitrogen and oxygen atoms in total. The fourth-order valence-corrected chi connectivity index (χ4v) is 3.14. The third-order valence-electron chi connectivity index (χ3n) is 4.75. The lowest BCUT2D eigenvalue weighted by Crippen LogP contribution is -2.35. The number of ether oxygens (including phenoxy) is 1. The van der Waals surface area contributed by atoms with Crippen LogP contribution in [0.15, 0.2) is 28.2 Å². The Kier molecular flexibility index (Phi) is 11.9. The molecule has 1 heterocycles. The van der Waals surface area contributed by atoms with E-state index in [2.05, 4.69) is 14.9 Å². The number of guanidine groups is 1. The van der Waals surface area contributed by atoms with Crippen LogP contribution >= 0.6 is 0 Å². The van der Waals surface area contributed by atoms with Gasteiger partial charge in [0.1, 0.15) is 5.82 Å². The number of hydrogen-bond acceptors (Lipinski definition) is 5. The molecule has 0 atom stereocenters. The molecule has 4 N–H and O–H groups in total. The van der Waals surface area contributed by atoms with Gasteiger partial charge in [-0.1, -0.05) is 6.92 Å². The van der Waals surface area contributed by atoms with Crippen molar-refractivity contribution in [1.82, 2.24) is 4.90 Å². The minimum absolute atomic E-state index is 0.0910. The number of nitrogens with two attached hydrogens (primary N) is 1. The molecular formula is C21H34FN5O2. The van der Waals surface area contributed by atoms with Crippen LogP contribution in [0.1, 0.15) is 38.2 Å². The van der Waals surface area contributed by atoms with Gasteiger partial charge in [0.2, 0.25) is 5.96 Å². The van der Waals surface area contributed by atoms with Crippen LogP contribution in [-0.4, -0.2) is 68.4 Å². The van der Waals surface area contributed by atoms with Crippen molar-refractivity contribution in [3.63, 3.8) is 0 Å². The Bertz CT molecular complexity index is 686. The zero-order valence-electron chi connectivity index (χ0n) is 17.7. The highest BCUT2D eigenvalue weighted by atomic mass is 19.1. The Morgan fingerprint density at radius 1 is 1.38 bits per heavy atom. The minimum Gasteiger partial charge on any atom is -0.400 e. The number of methoxy groups -OCH3 is 1. The average molecular weight is 408 g/mol. The maximum absolute atomic E-state index is 13.6. The Morgan fingerprint density at radius 3 is 2.69 bits per heavy atom. The average Bonchev–Trinajstić information content (AvgIpc) is 2.74. The summed E-state index contributed by atoms with van der Waals surface area (Å²) >= 11 is 0. The number of benzene rings is 1. The van der Waals surface area contributed by atoms with Crippen LogP contribution in [0.3, 0.4) is 0 Å². The van der Waals surface area contributed by atoms with Crippen molar-refractivity contribution in [1.29, 1.82) is 5.41 Å². The molecule has 29 heavy (non-hydrogen) atoms. The monoisotopic (exact) mass is 407 g/mol. The summed E-state index contributed by atoms with van der Waals surface area (Å²) in [6.07, 6.45) is 5.53. The highest BCUT2D eigenvalue weighted by Crippen LogP contribution is 2.22. The van der Waals surface area contributed by atoms with Gasteiger partial charge in [-0.15, -0.1) is 0 Å². The van der Waals surface area contributed by atoms with E-state index in [4.69, 9.17) is 21.0 Å². The quantitative estimate of drug-likeness (QED) is 0.350. The first-order valence-electron chi connectivity index (χ1n) is 9.95. The number of aliphatic imine (C=N–C) groups is 2. The number of piperidine rings is 1. The molecule has 1 aliphatic rings. The summed E-state index contributed by atoms with van der Waals surface area (Å²) in [5.41, 5.74) is 7.26. The molecule has 0 saturated carbocycles. The maximum atomic E-state index is 13.6. The zero-order valence-corrected chi connectivity index (χ0v) is 17.7. The van der Waals surface area contributed by atoms with Crippen LogP contribution in [0.4, 0.5) is 10.1 Å². The number of aliphatic hydroxyl groups excluding tert-OH is 1. The van der Waals surface area contributed by atoms with Crippen molar-refractivity contribution in [2.24, 2.45) is 21.6 Å². The van der Waals surface area contributed by atoms with Crippen LogP contribution in [0.25, 0.3) is 0 Å². The highest BCUT2D eigenvalue weighted by molar-refractivity contribution is 6.03. The van der Waals surface area contributed by atoms with E-state index in [-0.39, 0.29) is 5.96 Å². The number of nitrogens with zero attached hydrogens (tertiary/aromatic N) is 3. The number of hydrogen-bond donors (Lipinski definition) is 3. The summed E-state index contributed by atoms with van der Waals surface area (Å²) in [6, 6.07) is 4.19. The molecule has 1 aromatic rings. The van der Waals surface area contributed by atoms with Crippen molar-refractivity contribution in [2.75, 3.05) is 40.5 Å². The van der Waals surface area contributed by atoms with Crippen LogP contribution in [0.2, 0.25) is 0 Å². The second-order valence-corrected chi connectivity index (χ2v) is 6.77. The molecular weight excluding hydrogens is 373 g/mol. The fraction of sp³-hybridized carbons (Fsp3) is 0.571. The second kappa shape index (κ2) is 13.9. The molecule has 1 fully saturated rings. The maximum Gasteiger partial charge on any atom is 0.220 e. The second-order valence-electron chi connectivity index (χ2n) is 6.77. The highest BCUT2D eigenvalue weighted by Gasteiger charge is 2.17. The predicted octanol–water partition coefficient (Wildman–Crippen LogP) is 2.98. The fourth-order valence-electron chi connectivity index (χ4n) is 3.14. The first-order valence-corrected chi connectivity index (χ1v) is 9.95. The van der Waals surface area contributed by atoms with Crippen molar-refractivity contribution >= 4 is 23.6 Å². The van der Waals surface area contributed by atoms with Crippen LogP contribution < -0.4 is 5.73 Å². The Labute approximate surface area is 173 Å². The molecule has 1 aromatic carbocycles. The van der Waals surface area contributed by atoms with Gasteiger partial charge in [-0.2, -0.15) is 0 Å². The molecule has 0 aromatic heterocycles. The molecule has 1 aliphatic heterocycles. The molecule has 0 bridgehead atoms. The molecule has 1 saturated heterocycles. The van der Waals surface area contributed by atoms with E-state index < -0.39 is 5.82 Å². The van der Waals surface area contributed by atoms with Crippen molar-refractivity contribution in [3.05, 3.63) is 29.6 Å². The number of aliphatic hydroxyl groups is 1. The summed E-state index contributed by atoms with van der Waals surface area (Å²) in [4.78, 5) is 10.9. The van der Waals surface area contributed by atoms with Crippen molar-refractivity contribution in [3.8, 4) is 0 Å². The standard InChI is InChI=1S/C20H30FN5O.CH4O/c1-3-18(22)17-6-5-16(21)13-19(17)25-20(23)24-14-15-7-10-26(11-8-15)9-4-12-27-2;1-2/h5-6,13-15,22H,3-4,7-12H2,1-2H3,(H2,23,25);2H,1H3/b22-18?,24-14+;. The predicted molar refractivity (Wildman–Crippen MR) is 117 cm³/mol. The number of likely N-dealkylation sites (tertiary alicyclic amines) is 1. The molecule has 162 valence electrons. The minimum atomic E-state index is -0.404. The van der Waals surface area contributed by atoms with E-state index in [0.717, 1.165) is 52.6 Å². The number of nitrogens with one attached hydrogen (secondary N) is 1. The topological polar surface area (TPSA) is 107 Å². The Morgan fingerprint density at radius 2 is 2.07 bits per heavy atom. The SMILES string of the molecule is CCC(=N)c1ccc(F)cc1N=C(N)/N=C/C1CCN(CCCOC)CC1.CO. The third-order valence-corrected chi connectivity index (χ3v) is 4.75. The molecule has 0 aliphatic carbocycles. The molecule has 2 rings (SSSR count). The van der Waals surface area contributed by atoms with Gasteiger partial charge in [-0.05, 0) is 56.8 Å². The smallest absolute Gasteiger partial charge is 0.220 e. The summed E-state index contributed by atoms with van der Waals surface area (Å²) < 4.78 is 18.7. The van der Waals surface area contributed by atoms with Gasteiger partial charge in [0.05, 0.1) is 5.69 Å². The summed E-state index contributed by atoms with van der Waals surface area (Å²) in [7, 11) is 2.73. The van der Waals surface area contributed by atoms with Gasteiger partial charge < -0.3 is 25.9 Å². The van der Waals surface area contributed by atoms with Crippen molar-refractivity contribution in [2.45, 2.75) is 32.6 Å². The van der Waals surface area contributed by atoms with Gasteiger partial charge in [0.15, 0.2) is 0 Å². The van der Waals surface area contributed by atoms with Gasteiger partial charge in [0.25, 0.3) is 0 Å². The van der Waals surface area contributed by atoms with E-state index in [1.54, 1.807) is 13.2 Å². The van der Waals surface area contributed by atoms with E-state index >= 15 is 0 Å². The van der Waals surface area contributed by atoms with Crippen LogP contribution in [0, 0.1) is 17.1 Å². The first kappa shape index (κ1) is 24.9. The lowest BCUT2D eigenvalue weighted by atomic mass is 9.98. The normalized spacial score (nSPS) is 16.0. The Hall–Kier alpha value is -2.16. The first-order chi connectivity index (χ1) is 14.0. The van der Waals surface area contributed by atoms with E-state index in [1.165, 1.54) is 12.1 Å². The van der Waals surface area contributed by atoms with Crippen LogP contribution in [-0.2, 0) is 4.74 Å². The van der Waals surface area contributed by atoms with Gasteiger partial charge in [0, 0.05) is 50.9 Å². The lowest BCUT2D eigenvalue weighted by Gasteiger charge is -2.30. The molecule has 0 radical (unpaired) electrons. The van der Waals surface area contributed by atoms with Crippen molar-refractivity contribution < 1.29 is 14.2 Å². The zero-order chi connectivity index (χ0) is 21.6. The number of rotatable bonds is 8. The molecule has 8 heteroatoms. The van der Waals surface area contributed by atoms with Gasteiger partial charge in [-0.3, -0.25) is 0 Å². The number of halogens is 1. The summed E-state index contributed by atoms with van der Waals surface area (Å²) in [5, 5.41) is 15.0. The molecule has 0 amide bonds. The third kappa shape index (κ3) is 8.81. The largest absolute Gasteiger partial charge is 0.400 e. The van der Waals surface area contributed by atoms with Gasteiger partial charge >= 0.3 is 0 Å². The van der Waals surface area contributed by atoms with Gasteiger partial charge in [-0.25, -0.2) is 14.4 Å². The van der Waals surface area contributed by atoms with E-state index in [0.29, 0.717) is 29.3 Å².